The van der Waals surface area contributed by atoms with E-state index >= 15 is 0 Å². The molecule has 6 nitrogen and oxygen atoms in total. The van der Waals surface area contributed by atoms with Crippen molar-refractivity contribution in [2.24, 2.45) is 0 Å². The summed E-state index contributed by atoms with van der Waals surface area (Å²) < 4.78 is 9.29. The molecule has 0 radical (unpaired) electrons. The van der Waals surface area contributed by atoms with Gasteiger partial charge in [0.15, 0.2) is 5.82 Å². The Labute approximate surface area is 127 Å². The fraction of sp³-hybridized carbons (Fsp3) is 0.357. The lowest BCUT2D eigenvalue weighted by Gasteiger charge is -2.13. The standard InChI is InChI=1S/C14H17N3O3S/c1-9(20-2)12-16-14(21-17-12)15-11(13(18)19)8-10-6-4-3-5-7-10/h3-7,9,11H,8H2,1-2H3,(H,18,19)(H,15,16,17)/t9?,11-/m1/s1. The highest BCUT2D eigenvalue weighted by atomic mass is 32.1. The van der Waals surface area contributed by atoms with Crippen LogP contribution in [0.3, 0.4) is 0 Å². The summed E-state index contributed by atoms with van der Waals surface area (Å²) in [5, 5.41) is 12.7. The summed E-state index contributed by atoms with van der Waals surface area (Å²) in [6.45, 7) is 1.84. The van der Waals surface area contributed by atoms with Crippen LogP contribution in [0.2, 0.25) is 0 Å². The fourth-order valence-corrected chi connectivity index (χ4v) is 2.46. The van der Waals surface area contributed by atoms with E-state index in [9.17, 15) is 9.90 Å². The second kappa shape index (κ2) is 7.14. The van der Waals surface area contributed by atoms with Crippen LogP contribution < -0.4 is 5.32 Å². The lowest BCUT2D eigenvalue weighted by atomic mass is 10.1. The molecule has 1 aromatic heterocycles. The summed E-state index contributed by atoms with van der Waals surface area (Å²) in [6, 6.07) is 8.73. The average Bonchev–Trinajstić information content (AvgIpc) is 2.95. The zero-order valence-electron chi connectivity index (χ0n) is 11.8. The van der Waals surface area contributed by atoms with E-state index in [-0.39, 0.29) is 6.10 Å². The Morgan fingerprint density at radius 3 is 2.76 bits per heavy atom. The highest BCUT2D eigenvalue weighted by Crippen LogP contribution is 2.19. The second-order valence-electron chi connectivity index (χ2n) is 4.56. The van der Waals surface area contributed by atoms with Crippen LogP contribution in [0.4, 0.5) is 5.13 Å². The number of aromatic nitrogens is 2. The second-order valence-corrected chi connectivity index (χ2v) is 5.31. The van der Waals surface area contributed by atoms with Crippen LogP contribution in [-0.2, 0) is 16.0 Å². The summed E-state index contributed by atoms with van der Waals surface area (Å²) in [7, 11) is 1.58. The Bertz CT molecular complexity index is 588. The van der Waals surface area contributed by atoms with Crippen molar-refractivity contribution in [1.29, 1.82) is 0 Å². The lowest BCUT2D eigenvalue weighted by molar-refractivity contribution is -0.137. The van der Waals surface area contributed by atoms with E-state index in [1.165, 1.54) is 0 Å². The molecule has 2 aromatic rings. The molecule has 2 atom stereocenters. The maximum atomic E-state index is 11.4. The third kappa shape index (κ3) is 4.24. The summed E-state index contributed by atoms with van der Waals surface area (Å²) in [6.07, 6.45) is 0.166. The summed E-state index contributed by atoms with van der Waals surface area (Å²) >= 11 is 1.13. The molecule has 0 bridgehead atoms. The van der Waals surface area contributed by atoms with Gasteiger partial charge in [-0.15, -0.1) is 0 Å². The molecule has 0 aliphatic heterocycles. The molecule has 112 valence electrons. The van der Waals surface area contributed by atoms with E-state index < -0.39 is 12.0 Å². The summed E-state index contributed by atoms with van der Waals surface area (Å²) in [5.41, 5.74) is 0.951. The molecule has 2 rings (SSSR count). The number of rotatable bonds is 7. The minimum Gasteiger partial charge on any atom is -0.480 e. The monoisotopic (exact) mass is 307 g/mol. The predicted molar refractivity (Wildman–Crippen MR) is 80.5 cm³/mol. The maximum Gasteiger partial charge on any atom is 0.326 e. The number of anilines is 1. The maximum absolute atomic E-state index is 11.4. The Morgan fingerprint density at radius 1 is 1.43 bits per heavy atom. The third-order valence-corrected chi connectivity index (χ3v) is 3.70. The first-order chi connectivity index (χ1) is 10.1. The van der Waals surface area contributed by atoms with Gasteiger partial charge in [0, 0.05) is 25.1 Å². The number of methoxy groups -OCH3 is 1. The van der Waals surface area contributed by atoms with Crippen molar-refractivity contribution >= 4 is 22.6 Å². The predicted octanol–water partition coefficient (Wildman–Crippen LogP) is 2.35. The number of nitrogens with one attached hydrogen (secondary N) is 1. The van der Waals surface area contributed by atoms with E-state index in [1.54, 1.807) is 7.11 Å². The minimum atomic E-state index is -0.921. The molecule has 1 heterocycles. The van der Waals surface area contributed by atoms with Gasteiger partial charge in [-0.1, -0.05) is 30.3 Å². The zero-order chi connectivity index (χ0) is 15.2. The molecule has 0 spiro atoms. The smallest absolute Gasteiger partial charge is 0.326 e. The first-order valence-corrected chi connectivity index (χ1v) is 7.27. The molecular weight excluding hydrogens is 290 g/mol. The van der Waals surface area contributed by atoms with E-state index in [4.69, 9.17) is 4.74 Å². The van der Waals surface area contributed by atoms with Gasteiger partial charge in [0.05, 0.1) is 0 Å². The van der Waals surface area contributed by atoms with Crippen LogP contribution in [-0.4, -0.2) is 33.6 Å². The molecule has 21 heavy (non-hydrogen) atoms. The lowest BCUT2D eigenvalue weighted by Crippen LogP contribution is -2.31. The van der Waals surface area contributed by atoms with Crippen LogP contribution >= 0.6 is 11.5 Å². The van der Waals surface area contributed by atoms with E-state index in [0.717, 1.165) is 17.1 Å². The number of ether oxygens (including phenoxy) is 1. The molecule has 0 amide bonds. The van der Waals surface area contributed by atoms with Crippen molar-refractivity contribution in [1.82, 2.24) is 9.36 Å². The minimum absolute atomic E-state index is 0.214. The van der Waals surface area contributed by atoms with Crippen molar-refractivity contribution in [3.63, 3.8) is 0 Å². The van der Waals surface area contributed by atoms with Gasteiger partial charge >= 0.3 is 5.97 Å². The average molecular weight is 307 g/mol. The Balaban J connectivity index is 2.06. The quantitative estimate of drug-likeness (QED) is 0.817. The number of nitrogens with zero attached hydrogens (tertiary/aromatic N) is 2. The van der Waals surface area contributed by atoms with Crippen LogP contribution in [0.15, 0.2) is 30.3 Å². The summed E-state index contributed by atoms with van der Waals surface area (Å²) in [4.78, 5) is 15.6. The molecule has 0 aliphatic rings. The van der Waals surface area contributed by atoms with E-state index in [0.29, 0.717) is 17.4 Å². The van der Waals surface area contributed by atoms with E-state index in [2.05, 4.69) is 14.7 Å². The Morgan fingerprint density at radius 2 is 2.14 bits per heavy atom. The first-order valence-electron chi connectivity index (χ1n) is 6.50. The van der Waals surface area contributed by atoms with Crippen molar-refractivity contribution < 1.29 is 14.6 Å². The number of aliphatic carboxylic acids is 1. The van der Waals surface area contributed by atoms with Gasteiger partial charge < -0.3 is 15.2 Å². The van der Waals surface area contributed by atoms with Crippen LogP contribution in [0.1, 0.15) is 24.4 Å². The summed E-state index contributed by atoms with van der Waals surface area (Å²) in [5.74, 6) is -0.371. The van der Waals surface area contributed by atoms with Gasteiger partial charge in [-0.2, -0.15) is 4.37 Å². The van der Waals surface area contributed by atoms with Gasteiger partial charge in [-0.05, 0) is 12.5 Å². The molecule has 1 unspecified atom stereocenters. The molecule has 2 N–H and O–H groups in total. The molecule has 1 aromatic carbocycles. The van der Waals surface area contributed by atoms with Crippen molar-refractivity contribution in [2.75, 3.05) is 12.4 Å². The van der Waals surface area contributed by atoms with Gasteiger partial charge in [-0.3, -0.25) is 0 Å². The molecule has 0 saturated heterocycles. The normalized spacial score (nSPS) is 13.6. The van der Waals surface area contributed by atoms with Crippen molar-refractivity contribution in [3.8, 4) is 0 Å². The largest absolute Gasteiger partial charge is 0.480 e. The van der Waals surface area contributed by atoms with Crippen LogP contribution in [0, 0.1) is 0 Å². The highest BCUT2D eigenvalue weighted by molar-refractivity contribution is 7.09. The number of benzene rings is 1. The molecule has 0 saturated carbocycles. The van der Waals surface area contributed by atoms with Gasteiger partial charge in [-0.25, -0.2) is 9.78 Å². The van der Waals surface area contributed by atoms with Crippen molar-refractivity contribution in [2.45, 2.75) is 25.5 Å². The number of hydrogen-bond acceptors (Lipinski definition) is 6. The Hall–Kier alpha value is -1.99. The number of carboxylic acid groups (broad SMARTS) is 1. The Kier molecular flexibility index (Phi) is 5.24. The highest BCUT2D eigenvalue weighted by Gasteiger charge is 2.20. The van der Waals surface area contributed by atoms with Crippen LogP contribution in [0.5, 0.6) is 0 Å². The molecule has 0 aliphatic carbocycles. The third-order valence-electron chi connectivity index (χ3n) is 3.04. The number of carboxylic acids is 1. The molecule has 0 fully saturated rings. The first kappa shape index (κ1) is 15.4. The van der Waals surface area contributed by atoms with E-state index in [1.807, 2.05) is 37.3 Å². The van der Waals surface area contributed by atoms with Gasteiger partial charge in [0.25, 0.3) is 0 Å². The molecule has 7 heteroatoms. The number of hydrogen-bond donors (Lipinski definition) is 2. The van der Waals surface area contributed by atoms with Gasteiger partial charge in [0.2, 0.25) is 5.13 Å². The van der Waals surface area contributed by atoms with Crippen molar-refractivity contribution in [3.05, 3.63) is 41.7 Å². The number of carbonyl (C=O) groups is 1. The topological polar surface area (TPSA) is 84.3 Å². The fourth-order valence-electron chi connectivity index (χ4n) is 1.76. The van der Waals surface area contributed by atoms with Crippen LogP contribution in [0.25, 0.3) is 0 Å². The SMILES string of the molecule is COC(C)c1nsc(N[C@H](Cc2ccccc2)C(=O)O)n1. The van der Waals surface area contributed by atoms with Gasteiger partial charge in [0.1, 0.15) is 12.1 Å². The molecular formula is C14H17N3O3S. The zero-order valence-corrected chi connectivity index (χ0v) is 12.6.